The van der Waals surface area contributed by atoms with Gasteiger partial charge in [-0.3, -0.25) is 9.78 Å². The Hall–Kier alpha value is -3.19. The van der Waals surface area contributed by atoms with Crippen molar-refractivity contribution in [1.29, 1.82) is 0 Å². The number of thiocarbonyl (C=S) groups is 1. The molecule has 7 heteroatoms. The average Bonchev–Trinajstić information content (AvgIpc) is 3.40. The highest BCUT2D eigenvalue weighted by Gasteiger charge is 2.40. The predicted molar refractivity (Wildman–Crippen MR) is 136 cm³/mol. The Labute approximate surface area is 201 Å². The fourth-order valence-corrected chi connectivity index (χ4v) is 4.57. The van der Waals surface area contributed by atoms with Crippen molar-refractivity contribution in [3.63, 3.8) is 0 Å². The zero-order valence-corrected chi connectivity index (χ0v) is 20.4. The summed E-state index contributed by atoms with van der Waals surface area (Å²) in [5.74, 6) is -0.0220. The van der Waals surface area contributed by atoms with E-state index in [4.69, 9.17) is 12.2 Å². The van der Waals surface area contributed by atoms with E-state index in [-0.39, 0.29) is 18.0 Å². The van der Waals surface area contributed by atoms with Gasteiger partial charge in [-0.15, -0.1) is 0 Å². The van der Waals surface area contributed by atoms with E-state index in [0.29, 0.717) is 24.1 Å². The molecule has 33 heavy (non-hydrogen) atoms. The lowest BCUT2D eigenvalue weighted by Gasteiger charge is -2.27. The quantitative estimate of drug-likeness (QED) is 0.481. The smallest absolute Gasteiger partial charge is 0.226 e. The summed E-state index contributed by atoms with van der Waals surface area (Å²) < 4.78 is 2.19. The number of carbonyl (C=O) groups is 1. The van der Waals surface area contributed by atoms with Gasteiger partial charge in [0.15, 0.2) is 5.11 Å². The van der Waals surface area contributed by atoms with E-state index in [0.717, 1.165) is 28.1 Å². The lowest BCUT2D eigenvalue weighted by molar-refractivity contribution is -0.116. The summed E-state index contributed by atoms with van der Waals surface area (Å²) in [6.07, 6.45) is 6.41. The number of hydrogen-bond acceptors (Lipinski definition) is 3. The zero-order valence-electron chi connectivity index (χ0n) is 19.6. The minimum Gasteiger partial charge on any atom is -0.352 e. The summed E-state index contributed by atoms with van der Waals surface area (Å²) in [4.78, 5) is 19.5. The van der Waals surface area contributed by atoms with Crippen LogP contribution >= 0.6 is 12.2 Å². The number of anilines is 1. The number of benzene rings is 1. The Morgan fingerprint density at radius 2 is 2.03 bits per heavy atom. The van der Waals surface area contributed by atoms with Crippen molar-refractivity contribution in [2.24, 2.45) is 0 Å². The third kappa shape index (κ3) is 5.09. The normalized spacial score (nSPS) is 18.0. The third-order valence-corrected chi connectivity index (χ3v) is 6.47. The Morgan fingerprint density at radius 1 is 1.21 bits per heavy atom. The summed E-state index contributed by atoms with van der Waals surface area (Å²) in [6, 6.07) is 14.4. The zero-order chi connectivity index (χ0) is 23.5. The number of aryl methyl sites for hydroxylation is 2. The van der Waals surface area contributed by atoms with Crippen LogP contribution < -0.4 is 10.6 Å². The van der Waals surface area contributed by atoms with Gasteiger partial charge in [0.25, 0.3) is 0 Å². The largest absolute Gasteiger partial charge is 0.352 e. The van der Waals surface area contributed by atoms with E-state index < -0.39 is 0 Å². The van der Waals surface area contributed by atoms with Gasteiger partial charge >= 0.3 is 0 Å². The highest BCUT2D eigenvalue weighted by Crippen LogP contribution is 2.39. The van der Waals surface area contributed by atoms with Crippen LogP contribution in [0.4, 0.5) is 5.69 Å². The van der Waals surface area contributed by atoms with Gasteiger partial charge in [-0.2, -0.15) is 0 Å². The van der Waals surface area contributed by atoms with Crippen LogP contribution in [-0.2, 0) is 4.79 Å². The van der Waals surface area contributed by atoms with Gasteiger partial charge in [-0.1, -0.05) is 18.2 Å². The van der Waals surface area contributed by atoms with E-state index in [1.165, 1.54) is 0 Å². The molecule has 1 fully saturated rings. The molecule has 0 bridgehead atoms. The van der Waals surface area contributed by atoms with Gasteiger partial charge in [0, 0.05) is 43.3 Å². The second-order valence-electron chi connectivity index (χ2n) is 8.92. The molecule has 1 aliphatic heterocycles. The van der Waals surface area contributed by atoms with Crippen LogP contribution in [0.25, 0.3) is 0 Å². The van der Waals surface area contributed by atoms with Crippen molar-refractivity contribution in [3.8, 4) is 0 Å². The first-order valence-corrected chi connectivity index (χ1v) is 11.8. The van der Waals surface area contributed by atoms with Crippen LogP contribution in [0.1, 0.15) is 60.8 Å². The van der Waals surface area contributed by atoms with Gasteiger partial charge in [-0.05, 0) is 80.9 Å². The first-order chi connectivity index (χ1) is 15.8. The Balaban J connectivity index is 1.55. The second kappa shape index (κ2) is 9.75. The molecular weight excluding hydrogens is 430 g/mol. The van der Waals surface area contributed by atoms with E-state index in [1.54, 1.807) is 6.20 Å². The molecule has 3 heterocycles. The topological polar surface area (TPSA) is 62.2 Å². The maximum absolute atomic E-state index is 12.8. The van der Waals surface area contributed by atoms with Crippen molar-refractivity contribution >= 4 is 28.9 Å². The highest BCUT2D eigenvalue weighted by molar-refractivity contribution is 7.80. The number of hydrogen-bond donors (Lipinski definition) is 2. The van der Waals surface area contributed by atoms with E-state index >= 15 is 0 Å². The van der Waals surface area contributed by atoms with Gasteiger partial charge in [0.1, 0.15) is 0 Å². The van der Waals surface area contributed by atoms with E-state index in [9.17, 15) is 4.79 Å². The molecule has 4 rings (SSSR count). The standard InChI is InChI=1S/C26H31N5OS/c1-17(2)30-13-10-20(16-30)25-24(21-7-5-6-12-27-21)29-26(33)31(25)14-11-23(32)28-22-15-18(3)8-9-19(22)4/h5-10,12-13,15-17,24-25H,11,14H2,1-4H3,(H,28,32)(H,29,33)/t24-,25+/m1/s1. The van der Waals surface area contributed by atoms with Gasteiger partial charge in [-0.25, -0.2) is 0 Å². The molecule has 172 valence electrons. The number of nitrogens with one attached hydrogen (secondary N) is 2. The maximum Gasteiger partial charge on any atom is 0.226 e. The molecule has 1 amide bonds. The summed E-state index contributed by atoms with van der Waals surface area (Å²) in [7, 11) is 0. The van der Waals surface area contributed by atoms with Gasteiger partial charge in [0.05, 0.1) is 17.8 Å². The van der Waals surface area contributed by atoms with E-state index in [2.05, 4.69) is 57.4 Å². The molecule has 3 aromatic rings. The lowest BCUT2D eigenvalue weighted by atomic mass is 9.99. The van der Waals surface area contributed by atoms with Gasteiger partial charge in [0.2, 0.25) is 5.91 Å². The molecule has 0 aliphatic carbocycles. The van der Waals surface area contributed by atoms with Crippen molar-refractivity contribution in [2.75, 3.05) is 11.9 Å². The summed E-state index contributed by atoms with van der Waals surface area (Å²) in [5.41, 5.74) is 5.12. The number of carbonyl (C=O) groups excluding carboxylic acids is 1. The number of pyridine rings is 1. The number of rotatable bonds is 7. The molecule has 0 radical (unpaired) electrons. The Kier molecular flexibility index (Phi) is 6.79. The molecule has 1 aromatic carbocycles. The van der Waals surface area contributed by atoms with Crippen molar-refractivity contribution in [3.05, 3.63) is 83.4 Å². The highest BCUT2D eigenvalue weighted by atomic mass is 32.1. The summed E-state index contributed by atoms with van der Waals surface area (Å²) in [6.45, 7) is 8.86. The maximum atomic E-state index is 12.8. The molecule has 0 spiro atoms. The first-order valence-electron chi connectivity index (χ1n) is 11.4. The Morgan fingerprint density at radius 3 is 2.73 bits per heavy atom. The molecule has 1 aliphatic rings. The molecule has 2 atom stereocenters. The summed E-state index contributed by atoms with van der Waals surface area (Å²) in [5, 5.41) is 7.16. The number of amides is 1. The molecule has 1 saturated heterocycles. The van der Waals surface area contributed by atoms with Crippen LogP contribution in [-0.4, -0.2) is 32.0 Å². The minimum atomic E-state index is -0.0798. The van der Waals surface area contributed by atoms with Crippen LogP contribution in [0, 0.1) is 13.8 Å². The van der Waals surface area contributed by atoms with Crippen LogP contribution in [0.3, 0.4) is 0 Å². The second-order valence-corrected chi connectivity index (χ2v) is 9.31. The number of aromatic nitrogens is 2. The molecule has 0 unspecified atom stereocenters. The molecule has 6 nitrogen and oxygen atoms in total. The van der Waals surface area contributed by atoms with Crippen LogP contribution in [0.5, 0.6) is 0 Å². The third-order valence-electron chi connectivity index (χ3n) is 6.12. The van der Waals surface area contributed by atoms with Gasteiger partial charge < -0.3 is 20.1 Å². The molecule has 0 saturated carbocycles. The number of nitrogens with zero attached hydrogens (tertiary/aromatic N) is 3. The minimum absolute atomic E-state index is 0.0220. The first kappa shape index (κ1) is 23.0. The monoisotopic (exact) mass is 461 g/mol. The lowest BCUT2D eigenvalue weighted by Crippen LogP contribution is -2.32. The average molecular weight is 462 g/mol. The molecular formula is C26H31N5OS. The predicted octanol–water partition coefficient (Wildman–Crippen LogP) is 5.08. The van der Waals surface area contributed by atoms with Crippen molar-refractivity contribution < 1.29 is 4.79 Å². The van der Waals surface area contributed by atoms with Crippen LogP contribution in [0.15, 0.2) is 61.1 Å². The molecule has 2 N–H and O–H groups in total. The SMILES string of the molecule is Cc1ccc(C)c(NC(=O)CCN2C(=S)N[C@H](c3ccccn3)[C@@H]2c2ccn(C(C)C)c2)c1. The van der Waals surface area contributed by atoms with E-state index in [1.807, 2.05) is 50.2 Å². The fraction of sp³-hybridized carbons (Fsp3) is 0.346. The van der Waals surface area contributed by atoms with Crippen molar-refractivity contribution in [1.82, 2.24) is 19.8 Å². The summed E-state index contributed by atoms with van der Waals surface area (Å²) >= 11 is 5.72. The Bertz CT molecular complexity index is 1140. The van der Waals surface area contributed by atoms with Crippen LogP contribution in [0.2, 0.25) is 0 Å². The fourth-order valence-electron chi connectivity index (χ4n) is 4.24. The molecule has 2 aromatic heterocycles. The van der Waals surface area contributed by atoms with Crippen molar-refractivity contribution in [2.45, 2.75) is 52.2 Å².